The quantitative estimate of drug-likeness (QED) is 0.625. The minimum absolute atomic E-state index is 0.0983. The van der Waals surface area contributed by atoms with Crippen molar-refractivity contribution in [3.63, 3.8) is 0 Å². The van der Waals surface area contributed by atoms with Crippen molar-refractivity contribution >= 4 is 23.4 Å². The SMILES string of the molecule is O=C1C2CC(O)CN2C2(CN(Cc3ccc(OC(F)(F)F)cc3)C2)C(=O)N1Cc1cccc(Cl)c1. The summed E-state index contributed by atoms with van der Waals surface area (Å²) in [6.45, 7) is 1.44. The molecule has 5 rings (SSSR count). The summed E-state index contributed by atoms with van der Waals surface area (Å²) in [4.78, 5) is 31.9. The van der Waals surface area contributed by atoms with E-state index in [-0.39, 0.29) is 37.1 Å². The maximum atomic E-state index is 13.7. The smallest absolute Gasteiger partial charge is 0.406 e. The van der Waals surface area contributed by atoms with Crippen LogP contribution in [0.25, 0.3) is 0 Å². The molecule has 1 spiro atoms. The van der Waals surface area contributed by atoms with E-state index in [9.17, 15) is 27.9 Å². The molecule has 3 heterocycles. The van der Waals surface area contributed by atoms with Gasteiger partial charge in [0.25, 0.3) is 5.91 Å². The molecule has 0 aliphatic carbocycles. The Labute approximate surface area is 204 Å². The van der Waals surface area contributed by atoms with E-state index in [2.05, 4.69) is 4.74 Å². The van der Waals surface area contributed by atoms with Crippen molar-refractivity contribution < 1.29 is 32.6 Å². The summed E-state index contributed by atoms with van der Waals surface area (Å²) in [7, 11) is 0. The molecule has 2 atom stereocenters. The molecule has 3 saturated heterocycles. The molecule has 2 aromatic rings. The molecule has 2 unspecified atom stereocenters. The Morgan fingerprint density at radius 2 is 1.77 bits per heavy atom. The Hall–Kier alpha value is -2.66. The van der Waals surface area contributed by atoms with Gasteiger partial charge in [0, 0.05) is 31.2 Å². The number of carbonyl (C=O) groups is 2. The van der Waals surface area contributed by atoms with Crippen LogP contribution in [-0.4, -0.2) is 75.3 Å². The highest BCUT2D eigenvalue weighted by Gasteiger charge is 2.64. The monoisotopic (exact) mass is 509 g/mol. The maximum Gasteiger partial charge on any atom is 0.573 e. The van der Waals surface area contributed by atoms with Gasteiger partial charge >= 0.3 is 6.36 Å². The van der Waals surface area contributed by atoms with Gasteiger partial charge < -0.3 is 9.84 Å². The highest BCUT2D eigenvalue weighted by Crippen LogP contribution is 2.41. The van der Waals surface area contributed by atoms with Gasteiger partial charge in [-0.1, -0.05) is 35.9 Å². The minimum atomic E-state index is -4.75. The van der Waals surface area contributed by atoms with Crippen LogP contribution in [0.1, 0.15) is 17.5 Å². The predicted molar refractivity (Wildman–Crippen MR) is 119 cm³/mol. The normalized spacial score (nSPS) is 24.5. The molecule has 2 amide bonds. The number of fused-ring (bicyclic) bond motifs is 2. The summed E-state index contributed by atoms with van der Waals surface area (Å²) in [6.07, 6.45) is -5.19. The molecule has 7 nitrogen and oxygen atoms in total. The summed E-state index contributed by atoms with van der Waals surface area (Å²) in [5.74, 6) is -0.929. The van der Waals surface area contributed by atoms with Gasteiger partial charge in [0.05, 0.1) is 18.7 Å². The number of aliphatic hydroxyl groups is 1. The van der Waals surface area contributed by atoms with Crippen molar-refractivity contribution in [3.8, 4) is 5.75 Å². The molecular formula is C24H23ClF3N3O4. The Morgan fingerprint density at radius 3 is 2.43 bits per heavy atom. The first-order valence-corrected chi connectivity index (χ1v) is 11.5. The van der Waals surface area contributed by atoms with E-state index in [4.69, 9.17) is 11.6 Å². The number of ether oxygens (including phenoxy) is 1. The lowest BCUT2D eigenvalue weighted by molar-refractivity contribution is -0.274. The van der Waals surface area contributed by atoms with Crippen LogP contribution < -0.4 is 4.74 Å². The molecule has 1 N–H and O–H groups in total. The molecule has 0 radical (unpaired) electrons. The molecule has 3 fully saturated rings. The van der Waals surface area contributed by atoms with Gasteiger partial charge in [-0.15, -0.1) is 13.2 Å². The van der Waals surface area contributed by atoms with Crippen LogP contribution in [0.5, 0.6) is 5.75 Å². The largest absolute Gasteiger partial charge is 0.573 e. The van der Waals surface area contributed by atoms with Crippen LogP contribution in [0.2, 0.25) is 5.02 Å². The number of alkyl halides is 3. The summed E-state index contributed by atoms with van der Waals surface area (Å²) in [5.41, 5.74) is 0.565. The average Bonchev–Trinajstić information content (AvgIpc) is 3.15. The van der Waals surface area contributed by atoms with E-state index < -0.39 is 24.0 Å². The third kappa shape index (κ3) is 4.63. The van der Waals surface area contributed by atoms with E-state index in [1.54, 1.807) is 36.4 Å². The summed E-state index contributed by atoms with van der Waals surface area (Å²) in [5, 5.41) is 10.8. The number of imide groups is 1. The molecule has 3 aliphatic heterocycles. The van der Waals surface area contributed by atoms with Crippen LogP contribution >= 0.6 is 11.6 Å². The van der Waals surface area contributed by atoms with Gasteiger partial charge in [0.15, 0.2) is 0 Å². The highest BCUT2D eigenvalue weighted by molar-refractivity contribution is 6.30. The fraction of sp³-hybridized carbons (Fsp3) is 0.417. The molecule has 0 aromatic heterocycles. The average molecular weight is 510 g/mol. The first kappa shape index (κ1) is 24.1. The molecule has 0 saturated carbocycles. The van der Waals surface area contributed by atoms with Crippen molar-refractivity contribution in [1.82, 2.24) is 14.7 Å². The van der Waals surface area contributed by atoms with E-state index in [0.717, 1.165) is 11.1 Å². The predicted octanol–water partition coefficient (Wildman–Crippen LogP) is 2.80. The number of nitrogens with zero attached hydrogens (tertiary/aromatic N) is 3. The van der Waals surface area contributed by atoms with Crippen LogP contribution in [0, 0.1) is 0 Å². The number of likely N-dealkylation sites (tertiary alicyclic amines) is 1. The fourth-order valence-electron chi connectivity index (χ4n) is 5.32. The van der Waals surface area contributed by atoms with Crippen molar-refractivity contribution in [1.29, 1.82) is 0 Å². The van der Waals surface area contributed by atoms with Crippen LogP contribution in [-0.2, 0) is 22.7 Å². The standard InChI is InChI=1S/C24H23ClF3N3O4/c25-17-3-1-2-16(8-17)11-30-21(33)20-9-18(32)12-31(20)23(22(30)34)13-29(14-23)10-15-4-6-19(7-5-15)35-24(26,27)28/h1-8,18,20,32H,9-14H2. The van der Waals surface area contributed by atoms with Crippen molar-refractivity contribution in [2.75, 3.05) is 19.6 Å². The highest BCUT2D eigenvalue weighted by atomic mass is 35.5. The number of hydrogen-bond acceptors (Lipinski definition) is 6. The van der Waals surface area contributed by atoms with Crippen molar-refractivity contribution in [2.24, 2.45) is 0 Å². The van der Waals surface area contributed by atoms with Crippen molar-refractivity contribution in [3.05, 3.63) is 64.7 Å². The van der Waals surface area contributed by atoms with E-state index in [1.807, 2.05) is 9.80 Å². The summed E-state index contributed by atoms with van der Waals surface area (Å²) in [6, 6.07) is 12.0. The van der Waals surface area contributed by atoms with Crippen LogP contribution in [0.4, 0.5) is 13.2 Å². The third-order valence-electron chi connectivity index (χ3n) is 6.79. The molecule has 2 aromatic carbocycles. The fourth-order valence-corrected chi connectivity index (χ4v) is 5.53. The van der Waals surface area contributed by atoms with Gasteiger partial charge in [-0.25, -0.2) is 0 Å². The lowest BCUT2D eigenvalue weighted by Crippen LogP contribution is -2.81. The van der Waals surface area contributed by atoms with Crippen LogP contribution in [0.15, 0.2) is 48.5 Å². The Kier molecular flexibility index (Phi) is 6.03. The Morgan fingerprint density at radius 1 is 1.06 bits per heavy atom. The van der Waals surface area contributed by atoms with Gasteiger partial charge in [-0.3, -0.25) is 24.3 Å². The Bertz CT molecular complexity index is 1140. The first-order valence-electron chi connectivity index (χ1n) is 11.2. The number of β-amino-alcohol motifs (C(OH)–C–C–N with tert-alkyl or cyclic N) is 1. The van der Waals surface area contributed by atoms with E-state index >= 15 is 0 Å². The molecule has 0 bridgehead atoms. The number of amides is 2. The second kappa shape index (κ2) is 8.77. The lowest BCUT2D eigenvalue weighted by Gasteiger charge is -2.58. The zero-order valence-corrected chi connectivity index (χ0v) is 19.3. The van der Waals surface area contributed by atoms with E-state index in [1.165, 1.54) is 17.0 Å². The molecule has 3 aliphatic rings. The maximum absolute atomic E-state index is 13.7. The second-order valence-corrected chi connectivity index (χ2v) is 9.72. The number of halogens is 4. The minimum Gasteiger partial charge on any atom is -0.406 e. The van der Waals surface area contributed by atoms with Crippen molar-refractivity contribution in [2.45, 2.75) is 43.6 Å². The summed E-state index contributed by atoms with van der Waals surface area (Å²) < 4.78 is 41.1. The Balaban J connectivity index is 1.32. The number of rotatable bonds is 5. The van der Waals surface area contributed by atoms with Crippen LogP contribution in [0.3, 0.4) is 0 Å². The van der Waals surface area contributed by atoms with Gasteiger partial charge in [-0.05, 0) is 41.8 Å². The molecule has 35 heavy (non-hydrogen) atoms. The first-order chi connectivity index (χ1) is 16.5. The number of aliphatic hydroxyl groups excluding tert-OH is 1. The van der Waals surface area contributed by atoms with Gasteiger partial charge in [0.2, 0.25) is 5.91 Å². The number of carbonyl (C=O) groups excluding carboxylic acids is 2. The topological polar surface area (TPSA) is 73.3 Å². The number of benzene rings is 2. The van der Waals surface area contributed by atoms with Gasteiger partial charge in [-0.2, -0.15) is 0 Å². The van der Waals surface area contributed by atoms with E-state index in [0.29, 0.717) is 24.7 Å². The number of piperazine rings is 1. The lowest BCUT2D eigenvalue weighted by atomic mass is 9.82. The zero-order chi connectivity index (χ0) is 25.0. The molecule has 186 valence electrons. The third-order valence-corrected chi connectivity index (χ3v) is 7.02. The second-order valence-electron chi connectivity index (χ2n) is 9.29. The number of hydrogen-bond donors (Lipinski definition) is 1. The summed E-state index contributed by atoms with van der Waals surface area (Å²) >= 11 is 6.08. The molecule has 11 heteroatoms. The van der Waals surface area contributed by atoms with Gasteiger partial charge in [0.1, 0.15) is 11.3 Å². The molecular weight excluding hydrogens is 487 g/mol. The zero-order valence-electron chi connectivity index (χ0n) is 18.5.